The number of nitrogens with one attached hydrogen (secondary N) is 2. The van der Waals surface area contributed by atoms with Gasteiger partial charge in [-0.3, -0.25) is 9.59 Å². The van der Waals surface area contributed by atoms with E-state index in [0.29, 0.717) is 25.9 Å². The summed E-state index contributed by atoms with van der Waals surface area (Å²) in [4.78, 5) is 24.2. The lowest BCUT2D eigenvalue weighted by Crippen LogP contribution is -2.23. The van der Waals surface area contributed by atoms with Crippen LogP contribution in [0.4, 0.5) is 0 Å². The number of aliphatic hydroxyl groups excluding tert-OH is 2. The molecular formula is C28H48N2O4. The number of benzene rings is 1. The van der Waals surface area contributed by atoms with Crippen molar-refractivity contribution in [3.05, 3.63) is 35.4 Å². The van der Waals surface area contributed by atoms with Gasteiger partial charge in [-0.2, -0.15) is 0 Å². The summed E-state index contributed by atoms with van der Waals surface area (Å²) in [6.07, 6.45) is 11.9. The normalized spacial score (nSPS) is 12.8. The van der Waals surface area contributed by atoms with Crippen LogP contribution in [-0.2, 0) is 22.7 Å². The number of aliphatic hydroxyl groups is 2. The Morgan fingerprint density at radius 3 is 1.53 bits per heavy atom. The van der Waals surface area contributed by atoms with Gasteiger partial charge in [0.15, 0.2) is 0 Å². The van der Waals surface area contributed by atoms with E-state index in [1.165, 1.54) is 0 Å². The third-order valence-corrected chi connectivity index (χ3v) is 6.30. The van der Waals surface area contributed by atoms with E-state index in [1.807, 2.05) is 38.1 Å². The molecule has 4 N–H and O–H groups in total. The average molecular weight is 477 g/mol. The number of hydrogen-bond donors (Lipinski definition) is 4. The third kappa shape index (κ3) is 15.8. The van der Waals surface area contributed by atoms with Crippen LogP contribution in [0, 0.1) is 0 Å². The van der Waals surface area contributed by atoms with Crippen molar-refractivity contribution >= 4 is 11.8 Å². The summed E-state index contributed by atoms with van der Waals surface area (Å²) < 4.78 is 0. The largest absolute Gasteiger partial charge is 0.393 e. The number of amides is 2. The van der Waals surface area contributed by atoms with Gasteiger partial charge in [0.1, 0.15) is 0 Å². The van der Waals surface area contributed by atoms with Gasteiger partial charge in [0.05, 0.1) is 12.2 Å². The lowest BCUT2D eigenvalue weighted by Gasteiger charge is -2.09. The molecule has 6 heteroatoms. The highest BCUT2D eigenvalue weighted by Gasteiger charge is 2.06. The number of hydrogen-bond acceptors (Lipinski definition) is 4. The zero-order valence-electron chi connectivity index (χ0n) is 21.5. The maximum atomic E-state index is 12.1. The molecule has 2 amide bonds. The molecule has 2 atom stereocenters. The minimum absolute atomic E-state index is 0.0662. The molecule has 34 heavy (non-hydrogen) atoms. The molecule has 0 aliphatic rings. The first kappa shape index (κ1) is 30.1. The van der Waals surface area contributed by atoms with Crippen LogP contribution < -0.4 is 10.6 Å². The quantitative estimate of drug-likeness (QED) is 0.196. The number of unbranched alkanes of at least 4 members (excludes halogenated alkanes) is 6. The number of carbonyl (C=O) groups is 2. The van der Waals surface area contributed by atoms with E-state index in [9.17, 15) is 19.8 Å². The van der Waals surface area contributed by atoms with Gasteiger partial charge in [-0.1, -0.05) is 76.6 Å². The molecule has 6 nitrogen and oxygen atoms in total. The monoisotopic (exact) mass is 476 g/mol. The van der Waals surface area contributed by atoms with Crippen LogP contribution in [0.3, 0.4) is 0 Å². The van der Waals surface area contributed by atoms with Gasteiger partial charge in [0, 0.05) is 25.9 Å². The molecular weight excluding hydrogens is 428 g/mol. The van der Waals surface area contributed by atoms with Crippen molar-refractivity contribution in [2.24, 2.45) is 0 Å². The maximum absolute atomic E-state index is 12.1. The Kier molecular flexibility index (Phi) is 17.2. The minimum atomic E-state index is -0.186. The molecule has 0 spiro atoms. The van der Waals surface area contributed by atoms with Gasteiger partial charge in [0.25, 0.3) is 0 Å². The first-order valence-electron chi connectivity index (χ1n) is 13.4. The van der Waals surface area contributed by atoms with Crippen molar-refractivity contribution in [1.82, 2.24) is 10.6 Å². The first-order valence-corrected chi connectivity index (χ1v) is 13.4. The predicted molar refractivity (Wildman–Crippen MR) is 138 cm³/mol. The Labute approximate surface area is 206 Å². The zero-order valence-corrected chi connectivity index (χ0v) is 21.5. The highest BCUT2D eigenvalue weighted by Crippen LogP contribution is 2.11. The summed E-state index contributed by atoms with van der Waals surface area (Å²) in [6.45, 7) is 4.98. The maximum Gasteiger partial charge on any atom is 0.220 e. The van der Waals surface area contributed by atoms with Gasteiger partial charge in [-0.15, -0.1) is 0 Å². The lowest BCUT2D eigenvalue weighted by molar-refractivity contribution is -0.122. The second kappa shape index (κ2) is 19.4. The highest BCUT2D eigenvalue weighted by atomic mass is 16.3. The smallest absolute Gasteiger partial charge is 0.220 e. The summed E-state index contributed by atoms with van der Waals surface area (Å²) in [6, 6.07) is 7.96. The van der Waals surface area contributed by atoms with E-state index >= 15 is 0 Å². The van der Waals surface area contributed by atoms with Crippen LogP contribution in [0.1, 0.15) is 115 Å². The Balaban J connectivity index is 2.15. The molecule has 0 radical (unpaired) electrons. The summed E-state index contributed by atoms with van der Waals surface area (Å²) in [7, 11) is 0. The summed E-state index contributed by atoms with van der Waals surface area (Å²) in [5.74, 6) is 0.132. The second-order valence-corrected chi connectivity index (χ2v) is 9.40. The van der Waals surface area contributed by atoms with Crippen LogP contribution in [-0.4, -0.2) is 34.2 Å². The molecule has 1 aromatic carbocycles. The van der Waals surface area contributed by atoms with E-state index in [4.69, 9.17) is 0 Å². The summed E-state index contributed by atoms with van der Waals surface area (Å²) in [5.41, 5.74) is 2.06. The Bertz CT molecular complexity index is 627. The van der Waals surface area contributed by atoms with Gasteiger partial charge in [-0.05, 0) is 49.7 Å². The highest BCUT2D eigenvalue weighted by molar-refractivity contribution is 5.76. The van der Waals surface area contributed by atoms with Crippen LogP contribution in [0.15, 0.2) is 24.3 Å². The standard InChI is InChI=1S/C28H48N2O4/c1-3-25(31)16-9-5-7-11-18-27(33)29-21-23-14-13-15-24(20-23)22-30-28(34)19-12-8-6-10-17-26(32)4-2/h13-15,20,25-26,31-32H,3-12,16-19,21-22H2,1-2H3,(H,29,33)(H,30,34). The number of carbonyl (C=O) groups excluding carboxylic acids is 2. The van der Waals surface area contributed by atoms with Crippen molar-refractivity contribution in [3.63, 3.8) is 0 Å². The summed E-state index contributed by atoms with van der Waals surface area (Å²) >= 11 is 0. The van der Waals surface area contributed by atoms with Crippen molar-refractivity contribution in [2.45, 2.75) is 129 Å². The van der Waals surface area contributed by atoms with E-state index in [0.717, 1.165) is 88.2 Å². The molecule has 0 heterocycles. The molecule has 194 valence electrons. The first-order chi connectivity index (χ1) is 16.4. The molecule has 1 aromatic rings. The molecule has 2 unspecified atom stereocenters. The fourth-order valence-electron chi connectivity index (χ4n) is 3.87. The van der Waals surface area contributed by atoms with Crippen molar-refractivity contribution < 1.29 is 19.8 Å². The average Bonchev–Trinajstić information content (AvgIpc) is 2.85. The van der Waals surface area contributed by atoms with E-state index in [2.05, 4.69) is 10.6 Å². The molecule has 0 fully saturated rings. The Hall–Kier alpha value is -1.92. The molecule has 0 aromatic heterocycles. The van der Waals surface area contributed by atoms with Crippen LogP contribution in [0.5, 0.6) is 0 Å². The van der Waals surface area contributed by atoms with Gasteiger partial charge in [0.2, 0.25) is 11.8 Å². The van der Waals surface area contributed by atoms with Crippen LogP contribution in [0.2, 0.25) is 0 Å². The second-order valence-electron chi connectivity index (χ2n) is 9.40. The van der Waals surface area contributed by atoms with Gasteiger partial charge >= 0.3 is 0 Å². The number of rotatable bonds is 20. The van der Waals surface area contributed by atoms with Crippen LogP contribution >= 0.6 is 0 Å². The van der Waals surface area contributed by atoms with E-state index in [-0.39, 0.29) is 24.0 Å². The molecule has 1 rings (SSSR count). The molecule has 0 saturated carbocycles. The topological polar surface area (TPSA) is 98.7 Å². The Morgan fingerprint density at radius 1 is 0.706 bits per heavy atom. The molecule has 0 bridgehead atoms. The SMILES string of the molecule is CCC(O)CCCCCCC(=O)NCc1cccc(CNC(=O)CCCCCCC(O)CC)c1. The fraction of sp³-hybridized carbons (Fsp3) is 0.714. The molecule has 0 saturated heterocycles. The van der Waals surface area contributed by atoms with Gasteiger partial charge < -0.3 is 20.8 Å². The third-order valence-electron chi connectivity index (χ3n) is 6.30. The van der Waals surface area contributed by atoms with Crippen molar-refractivity contribution in [1.29, 1.82) is 0 Å². The van der Waals surface area contributed by atoms with Crippen molar-refractivity contribution in [3.8, 4) is 0 Å². The lowest BCUT2D eigenvalue weighted by atomic mass is 10.1. The van der Waals surface area contributed by atoms with E-state index < -0.39 is 0 Å². The Morgan fingerprint density at radius 2 is 1.12 bits per heavy atom. The zero-order chi connectivity index (χ0) is 25.0. The summed E-state index contributed by atoms with van der Waals surface area (Å²) in [5, 5.41) is 25.1. The van der Waals surface area contributed by atoms with Crippen molar-refractivity contribution in [2.75, 3.05) is 0 Å². The fourth-order valence-corrected chi connectivity index (χ4v) is 3.87. The van der Waals surface area contributed by atoms with Gasteiger partial charge in [-0.25, -0.2) is 0 Å². The minimum Gasteiger partial charge on any atom is -0.393 e. The van der Waals surface area contributed by atoms with E-state index in [1.54, 1.807) is 0 Å². The molecule has 0 aliphatic carbocycles. The molecule has 0 aliphatic heterocycles. The van der Waals surface area contributed by atoms with Crippen LogP contribution in [0.25, 0.3) is 0 Å². The predicted octanol–water partition coefficient (Wildman–Crippen LogP) is 5.14.